The van der Waals surface area contributed by atoms with E-state index < -0.39 is 0 Å². The number of para-hydroxylation sites is 1. The summed E-state index contributed by atoms with van der Waals surface area (Å²) in [6.07, 6.45) is 4.06. The van der Waals surface area contributed by atoms with E-state index in [9.17, 15) is 4.79 Å². The minimum Gasteiger partial charge on any atom is -0.352 e. The van der Waals surface area contributed by atoms with E-state index in [0.29, 0.717) is 24.4 Å². The van der Waals surface area contributed by atoms with Gasteiger partial charge in [0.2, 0.25) is 0 Å². The second-order valence-corrected chi connectivity index (χ2v) is 6.14. The largest absolute Gasteiger partial charge is 0.352 e. The highest BCUT2D eigenvalue weighted by Gasteiger charge is 2.13. The monoisotopic (exact) mass is 345 g/mol. The number of amides is 1. The first kappa shape index (κ1) is 16.1. The van der Waals surface area contributed by atoms with E-state index in [-0.39, 0.29) is 5.91 Å². The van der Waals surface area contributed by atoms with Gasteiger partial charge in [0, 0.05) is 30.9 Å². The molecular formula is C20H19N5O. The van der Waals surface area contributed by atoms with Crippen LogP contribution < -0.4 is 5.32 Å². The van der Waals surface area contributed by atoms with E-state index in [4.69, 9.17) is 0 Å². The van der Waals surface area contributed by atoms with E-state index in [1.807, 2.05) is 43.3 Å². The number of aromatic nitrogens is 4. The Morgan fingerprint density at radius 3 is 2.85 bits per heavy atom. The number of hydrogen-bond donors (Lipinski definition) is 3. The molecule has 0 bridgehead atoms. The van der Waals surface area contributed by atoms with Crippen molar-refractivity contribution < 1.29 is 4.79 Å². The van der Waals surface area contributed by atoms with Gasteiger partial charge < -0.3 is 15.3 Å². The van der Waals surface area contributed by atoms with Crippen molar-refractivity contribution in [3.05, 3.63) is 71.8 Å². The van der Waals surface area contributed by atoms with Crippen LogP contribution in [-0.4, -0.2) is 32.4 Å². The molecule has 0 fully saturated rings. The summed E-state index contributed by atoms with van der Waals surface area (Å²) < 4.78 is 0. The standard InChI is InChI=1S/C20H19N5O/c1-13-5-4-8-16-18(13)25-17(24-16)9-10-23-20(26)15-7-3-2-6-14(15)19-21-11-12-22-19/h2-8,11-12H,9-10H2,1H3,(H,21,22)(H,23,26)(H,24,25). The van der Waals surface area contributed by atoms with Gasteiger partial charge in [0.15, 0.2) is 0 Å². The minimum absolute atomic E-state index is 0.121. The Morgan fingerprint density at radius 1 is 1.15 bits per heavy atom. The van der Waals surface area contributed by atoms with Crippen LogP contribution in [0.2, 0.25) is 0 Å². The number of imidazole rings is 2. The van der Waals surface area contributed by atoms with Crippen LogP contribution in [-0.2, 0) is 6.42 Å². The number of hydrogen-bond acceptors (Lipinski definition) is 3. The van der Waals surface area contributed by atoms with Gasteiger partial charge >= 0.3 is 0 Å². The summed E-state index contributed by atoms with van der Waals surface area (Å²) in [6, 6.07) is 13.5. The van der Waals surface area contributed by atoms with Gasteiger partial charge in [-0.15, -0.1) is 0 Å². The fourth-order valence-electron chi connectivity index (χ4n) is 3.03. The van der Waals surface area contributed by atoms with Crippen LogP contribution in [0.1, 0.15) is 21.7 Å². The molecule has 6 heteroatoms. The Labute approximate surface area is 150 Å². The van der Waals surface area contributed by atoms with Crippen molar-refractivity contribution in [2.24, 2.45) is 0 Å². The average molecular weight is 345 g/mol. The van der Waals surface area contributed by atoms with E-state index in [1.165, 1.54) is 0 Å². The Morgan fingerprint density at radius 2 is 2.04 bits per heavy atom. The lowest BCUT2D eigenvalue weighted by Crippen LogP contribution is -2.26. The van der Waals surface area contributed by atoms with Crippen LogP contribution in [0.15, 0.2) is 54.9 Å². The molecule has 0 aliphatic carbocycles. The summed E-state index contributed by atoms with van der Waals surface area (Å²) in [5, 5.41) is 2.97. The van der Waals surface area contributed by atoms with Crippen molar-refractivity contribution in [3.8, 4) is 11.4 Å². The number of carbonyl (C=O) groups excluding carboxylic acids is 1. The average Bonchev–Trinajstić information content (AvgIpc) is 3.32. The molecule has 26 heavy (non-hydrogen) atoms. The van der Waals surface area contributed by atoms with Crippen LogP contribution in [0, 0.1) is 6.92 Å². The highest BCUT2D eigenvalue weighted by atomic mass is 16.1. The molecule has 130 valence electrons. The molecule has 6 nitrogen and oxygen atoms in total. The fraction of sp³-hybridized carbons (Fsp3) is 0.150. The molecule has 0 spiro atoms. The van der Waals surface area contributed by atoms with Crippen LogP contribution in [0.4, 0.5) is 0 Å². The predicted molar refractivity (Wildman–Crippen MR) is 101 cm³/mol. The van der Waals surface area contributed by atoms with Crippen molar-refractivity contribution in [1.29, 1.82) is 0 Å². The third-order valence-electron chi connectivity index (χ3n) is 4.34. The fourth-order valence-corrected chi connectivity index (χ4v) is 3.03. The topological polar surface area (TPSA) is 86.5 Å². The van der Waals surface area contributed by atoms with Gasteiger partial charge in [-0.1, -0.05) is 30.3 Å². The van der Waals surface area contributed by atoms with E-state index in [1.54, 1.807) is 18.5 Å². The normalized spacial score (nSPS) is 11.0. The maximum atomic E-state index is 12.6. The second-order valence-electron chi connectivity index (χ2n) is 6.14. The Balaban J connectivity index is 1.45. The zero-order valence-electron chi connectivity index (χ0n) is 14.4. The zero-order chi connectivity index (χ0) is 17.9. The predicted octanol–water partition coefficient (Wildman–Crippen LogP) is 3.23. The zero-order valence-corrected chi connectivity index (χ0v) is 14.4. The van der Waals surface area contributed by atoms with Crippen molar-refractivity contribution in [2.75, 3.05) is 6.54 Å². The highest BCUT2D eigenvalue weighted by Crippen LogP contribution is 2.20. The first-order valence-electron chi connectivity index (χ1n) is 8.53. The molecule has 0 radical (unpaired) electrons. The summed E-state index contributed by atoms with van der Waals surface area (Å²) in [5.74, 6) is 1.43. The van der Waals surface area contributed by atoms with Crippen molar-refractivity contribution in [2.45, 2.75) is 13.3 Å². The number of aryl methyl sites for hydroxylation is 1. The molecule has 3 N–H and O–H groups in total. The SMILES string of the molecule is Cc1cccc2[nH]c(CCNC(=O)c3ccccc3-c3ncc[nH]3)nc12. The van der Waals surface area contributed by atoms with Gasteiger partial charge in [0.25, 0.3) is 5.91 Å². The van der Waals surface area contributed by atoms with Crippen LogP contribution in [0.3, 0.4) is 0 Å². The smallest absolute Gasteiger partial charge is 0.252 e. The number of carbonyl (C=O) groups is 1. The maximum absolute atomic E-state index is 12.6. The molecule has 2 aromatic carbocycles. The molecule has 4 rings (SSSR count). The summed E-state index contributed by atoms with van der Waals surface area (Å²) in [7, 11) is 0. The summed E-state index contributed by atoms with van der Waals surface area (Å²) >= 11 is 0. The molecule has 0 aliphatic rings. The van der Waals surface area contributed by atoms with E-state index >= 15 is 0 Å². The van der Waals surface area contributed by atoms with Gasteiger partial charge in [-0.2, -0.15) is 0 Å². The third-order valence-corrected chi connectivity index (χ3v) is 4.34. The number of nitrogens with one attached hydrogen (secondary N) is 3. The molecule has 0 atom stereocenters. The molecule has 2 aromatic heterocycles. The molecule has 0 unspecified atom stereocenters. The molecule has 0 saturated heterocycles. The van der Waals surface area contributed by atoms with Crippen LogP contribution in [0.25, 0.3) is 22.4 Å². The molecule has 0 saturated carbocycles. The van der Waals surface area contributed by atoms with Crippen molar-refractivity contribution in [1.82, 2.24) is 25.3 Å². The summed E-state index contributed by atoms with van der Waals surface area (Å²) in [5.41, 5.74) is 4.53. The van der Waals surface area contributed by atoms with E-state index in [0.717, 1.165) is 28.0 Å². The van der Waals surface area contributed by atoms with Gasteiger partial charge in [-0.05, 0) is 24.6 Å². The number of aromatic amines is 2. The van der Waals surface area contributed by atoms with E-state index in [2.05, 4.69) is 25.3 Å². The lowest BCUT2D eigenvalue weighted by atomic mass is 10.1. The van der Waals surface area contributed by atoms with Crippen LogP contribution in [0.5, 0.6) is 0 Å². The molecule has 1 amide bonds. The summed E-state index contributed by atoms with van der Waals surface area (Å²) in [6.45, 7) is 2.55. The number of H-pyrrole nitrogens is 2. The minimum atomic E-state index is -0.121. The number of nitrogens with zero attached hydrogens (tertiary/aromatic N) is 2. The van der Waals surface area contributed by atoms with Gasteiger partial charge in [0.05, 0.1) is 16.6 Å². The van der Waals surface area contributed by atoms with Crippen molar-refractivity contribution >= 4 is 16.9 Å². The molecule has 4 aromatic rings. The maximum Gasteiger partial charge on any atom is 0.252 e. The van der Waals surface area contributed by atoms with Gasteiger partial charge in [0.1, 0.15) is 11.6 Å². The van der Waals surface area contributed by atoms with Crippen molar-refractivity contribution in [3.63, 3.8) is 0 Å². The lowest BCUT2D eigenvalue weighted by Gasteiger charge is -2.08. The molecule has 0 aliphatic heterocycles. The third kappa shape index (κ3) is 3.09. The number of rotatable bonds is 5. The summed E-state index contributed by atoms with van der Waals surface area (Å²) in [4.78, 5) is 27.8. The first-order chi connectivity index (χ1) is 12.7. The first-order valence-corrected chi connectivity index (χ1v) is 8.53. The number of benzene rings is 2. The Bertz CT molecular complexity index is 1050. The Kier molecular flexibility index (Phi) is 4.23. The van der Waals surface area contributed by atoms with Gasteiger partial charge in [-0.3, -0.25) is 4.79 Å². The second kappa shape index (κ2) is 6.84. The Hall–Kier alpha value is -3.41. The quantitative estimate of drug-likeness (QED) is 0.519. The lowest BCUT2D eigenvalue weighted by molar-refractivity contribution is 0.0954. The highest BCUT2D eigenvalue weighted by molar-refractivity contribution is 6.00. The molecular weight excluding hydrogens is 326 g/mol. The molecule has 2 heterocycles. The van der Waals surface area contributed by atoms with Crippen LogP contribution >= 0.6 is 0 Å². The van der Waals surface area contributed by atoms with Gasteiger partial charge in [-0.25, -0.2) is 9.97 Å². The number of fused-ring (bicyclic) bond motifs is 1.